The minimum Gasteiger partial charge on any atom is -0.497 e. The first kappa shape index (κ1) is 14.3. The van der Waals surface area contributed by atoms with Crippen LogP contribution < -0.4 is 15.4 Å². The predicted octanol–water partition coefficient (Wildman–Crippen LogP) is 3.84. The summed E-state index contributed by atoms with van der Waals surface area (Å²) >= 11 is 0. The van der Waals surface area contributed by atoms with E-state index in [9.17, 15) is 0 Å². The second-order valence-electron chi connectivity index (χ2n) is 4.96. The van der Waals surface area contributed by atoms with Crippen LogP contribution in [0.5, 0.6) is 5.75 Å². The van der Waals surface area contributed by atoms with Crippen molar-refractivity contribution in [2.24, 2.45) is 0 Å². The maximum atomic E-state index is 5.13. The number of rotatable bonds is 6. The lowest BCUT2D eigenvalue weighted by Gasteiger charge is -2.10. The zero-order valence-electron chi connectivity index (χ0n) is 12.4. The number of benzene rings is 2. The Kier molecular flexibility index (Phi) is 4.88. The average Bonchev–Trinajstić information content (AvgIpc) is 2.43. The number of hydrogen-bond donors (Lipinski definition) is 2. The van der Waals surface area contributed by atoms with Crippen LogP contribution >= 0.6 is 0 Å². The second kappa shape index (κ2) is 6.85. The molecule has 0 fully saturated rings. The fraction of sp³-hybridized carbons (Fsp3) is 0.294. The summed E-state index contributed by atoms with van der Waals surface area (Å²) in [5.74, 6) is 0.879. The summed E-state index contributed by atoms with van der Waals surface area (Å²) in [6, 6.07) is 14.5. The molecule has 0 aromatic heterocycles. The molecule has 0 saturated carbocycles. The molecule has 0 heterocycles. The Hall–Kier alpha value is -2.16. The molecule has 3 nitrogen and oxygen atoms in total. The third-order valence-corrected chi connectivity index (χ3v) is 3.09. The Morgan fingerprint density at radius 3 is 1.90 bits per heavy atom. The maximum absolute atomic E-state index is 5.13. The zero-order chi connectivity index (χ0) is 14.4. The normalized spacial score (nSPS) is 10.2. The van der Waals surface area contributed by atoms with Crippen molar-refractivity contribution >= 4 is 11.4 Å². The molecule has 0 saturated heterocycles. The van der Waals surface area contributed by atoms with Crippen molar-refractivity contribution in [2.45, 2.75) is 13.8 Å². The van der Waals surface area contributed by atoms with Gasteiger partial charge in [0.1, 0.15) is 5.75 Å². The summed E-state index contributed by atoms with van der Waals surface area (Å²) in [6.45, 7) is 6.00. The molecule has 0 aliphatic rings. The van der Waals surface area contributed by atoms with E-state index in [4.69, 9.17) is 4.74 Å². The lowest BCUT2D eigenvalue weighted by molar-refractivity contribution is 0.415. The molecule has 2 rings (SSSR count). The third-order valence-electron chi connectivity index (χ3n) is 3.09. The molecule has 0 spiro atoms. The van der Waals surface area contributed by atoms with Gasteiger partial charge in [-0.2, -0.15) is 0 Å². The average molecular weight is 270 g/mol. The fourth-order valence-electron chi connectivity index (χ4n) is 2.20. The Morgan fingerprint density at radius 1 is 0.800 bits per heavy atom. The van der Waals surface area contributed by atoms with Gasteiger partial charge in [0.2, 0.25) is 0 Å². The van der Waals surface area contributed by atoms with Gasteiger partial charge in [0.05, 0.1) is 7.11 Å². The van der Waals surface area contributed by atoms with Crippen LogP contribution in [0.25, 0.3) is 0 Å². The number of methoxy groups -OCH3 is 1. The lowest BCUT2D eigenvalue weighted by atomic mass is 10.1. The zero-order valence-corrected chi connectivity index (χ0v) is 12.4. The molecule has 0 unspecified atom stereocenters. The van der Waals surface area contributed by atoms with Gasteiger partial charge in [-0.1, -0.05) is 6.07 Å². The van der Waals surface area contributed by atoms with Crippen LogP contribution in [0, 0.1) is 13.8 Å². The van der Waals surface area contributed by atoms with E-state index in [0.717, 1.165) is 24.5 Å². The van der Waals surface area contributed by atoms with Gasteiger partial charge in [-0.05, 0) is 61.4 Å². The van der Waals surface area contributed by atoms with Crippen LogP contribution in [0.3, 0.4) is 0 Å². The molecule has 0 atom stereocenters. The van der Waals surface area contributed by atoms with Crippen molar-refractivity contribution in [1.82, 2.24) is 0 Å². The second-order valence-corrected chi connectivity index (χ2v) is 4.96. The van der Waals surface area contributed by atoms with E-state index in [1.165, 1.54) is 16.8 Å². The minimum absolute atomic E-state index is 0.874. The summed E-state index contributed by atoms with van der Waals surface area (Å²) in [5.41, 5.74) is 4.86. The van der Waals surface area contributed by atoms with E-state index in [2.05, 4.69) is 42.7 Å². The number of hydrogen-bond acceptors (Lipinski definition) is 3. The Morgan fingerprint density at radius 2 is 1.35 bits per heavy atom. The standard InChI is InChI=1S/C17H22N2O/c1-13-10-14(2)12-16(11-13)19-9-8-18-15-4-6-17(20-3)7-5-15/h4-7,10-12,18-19H,8-9H2,1-3H3. The molecule has 3 heteroatoms. The Labute approximate surface area is 121 Å². The summed E-state index contributed by atoms with van der Waals surface area (Å²) in [4.78, 5) is 0. The quantitative estimate of drug-likeness (QED) is 0.783. The van der Waals surface area contributed by atoms with Crippen LogP contribution in [-0.2, 0) is 0 Å². The Bertz CT molecular complexity index is 529. The van der Waals surface area contributed by atoms with E-state index >= 15 is 0 Å². The van der Waals surface area contributed by atoms with Gasteiger partial charge in [0.25, 0.3) is 0 Å². The highest BCUT2D eigenvalue weighted by atomic mass is 16.5. The van der Waals surface area contributed by atoms with Crippen LogP contribution in [0.1, 0.15) is 11.1 Å². The molecule has 2 aromatic rings. The molecule has 0 aliphatic carbocycles. The topological polar surface area (TPSA) is 33.3 Å². The third kappa shape index (κ3) is 4.19. The first-order valence-electron chi connectivity index (χ1n) is 6.87. The maximum Gasteiger partial charge on any atom is 0.119 e. The van der Waals surface area contributed by atoms with Crippen molar-refractivity contribution in [2.75, 3.05) is 30.8 Å². The van der Waals surface area contributed by atoms with Crippen molar-refractivity contribution in [1.29, 1.82) is 0 Å². The molecule has 20 heavy (non-hydrogen) atoms. The Balaban J connectivity index is 1.78. The molecular formula is C17H22N2O. The van der Waals surface area contributed by atoms with E-state index in [-0.39, 0.29) is 0 Å². The van der Waals surface area contributed by atoms with Gasteiger partial charge in [-0.15, -0.1) is 0 Å². The van der Waals surface area contributed by atoms with Gasteiger partial charge in [-0.25, -0.2) is 0 Å². The molecular weight excluding hydrogens is 248 g/mol. The van der Waals surface area contributed by atoms with Gasteiger partial charge in [-0.3, -0.25) is 0 Å². The van der Waals surface area contributed by atoms with Crippen molar-refractivity contribution in [3.8, 4) is 5.75 Å². The molecule has 2 N–H and O–H groups in total. The smallest absolute Gasteiger partial charge is 0.119 e. The largest absolute Gasteiger partial charge is 0.497 e. The highest BCUT2D eigenvalue weighted by Crippen LogP contribution is 2.15. The minimum atomic E-state index is 0.874. The van der Waals surface area contributed by atoms with E-state index in [1.807, 2.05) is 24.3 Å². The number of nitrogens with one attached hydrogen (secondary N) is 2. The molecule has 0 radical (unpaired) electrons. The van der Waals surface area contributed by atoms with Crippen molar-refractivity contribution in [3.05, 3.63) is 53.6 Å². The van der Waals surface area contributed by atoms with E-state index < -0.39 is 0 Å². The van der Waals surface area contributed by atoms with Gasteiger partial charge in [0.15, 0.2) is 0 Å². The lowest BCUT2D eigenvalue weighted by Crippen LogP contribution is -2.13. The summed E-state index contributed by atoms with van der Waals surface area (Å²) in [5, 5.41) is 6.81. The number of ether oxygens (including phenoxy) is 1. The molecule has 0 amide bonds. The SMILES string of the molecule is COc1ccc(NCCNc2cc(C)cc(C)c2)cc1. The summed E-state index contributed by atoms with van der Waals surface area (Å²) < 4.78 is 5.13. The van der Waals surface area contributed by atoms with E-state index in [1.54, 1.807) is 7.11 Å². The number of aryl methyl sites for hydroxylation is 2. The molecule has 0 aliphatic heterocycles. The monoisotopic (exact) mass is 270 g/mol. The first-order chi connectivity index (χ1) is 9.67. The molecule has 2 aromatic carbocycles. The van der Waals surface area contributed by atoms with E-state index in [0.29, 0.717) is 0 Å². The highest BCUT2D eigenvalue weighted by Gasteiger charge is 1.96. The molecule has 106 valence electrons. The van der Waals surface area contributed by atoms with Crippen molar-refractivity contribution in [3.63, 3.8) is 0 Å². The fourth-order valence-corrected chi connectivity index (χ4v) is 2.20. The van der Waals surface area contributed by atoms with Gasteiger partial charge in [0, 0.05) is 24.5 Å². The number of anilines is 2. The predicted molar refractivity (Wildman–Crippen MR) is 85.9 cm³/mol. The van der Waals surface area contributed by atoms with Gasteiger partial charge < -0.3 is 15.4 Å². The first-order valence-corrected chi connectivity index (χ1v) is 6.87. The summed E-state index contributed by atoms with van der Waals surface area (Å²) in [6.07, 6.45) is 0. The van der Waals surface area contributed by atoms with Crippen LogP contribution in [0.4, 0.5) is 11.4 Å². The van der Waals surface area contributed by atoms with Crippen LogP contribution in [0.15, 0.2) is 42.5 Å². The van der Waals surface area contributed by atoms with Crippen LogP contribution in [-0.4, -0.2) is 20.2 Å². The highest BCUT2D eigenvalue weighted by molar-refractivity contribution is 5.49. The molecule has 0 bridgehead atoms. The van der Waals surface area contributed by atoms with Crippen LogP contribution in [0.2, 0.25) is 0 Å². The summed E-state index contributed by atoms with van der Waals surface area (Å²) in [7, 11) is 1.68. The van der Waals surface area contributed by atoms with Gasteiger partial charge >= 0.3 is 0 Å². The van der Waals surface area contributed by atoms with Crippen molar-refractivity contribution < 1.29 is 4.74 Å².